The fourth-order valence-electron chi connectivity index (χ4n) is 1.47. The van der Waals surface area contributed by atoms with Gasteiger partial charge in [-0.25, -0.2) is 14.7 Å². The molecule has 1 saturated heterocycles. The average Bonchev–Trinajstić information content (AvgIpc) is 2.71. The number of urea groups is 1. The largest absolute Gasteiger partial charge is 0.371 e. The van der Waals surface area contributed by atoms with E-state index in [1.54, 1.807) is 11.1 Å². The third-order valence-electron chi connectivity index (χ3n) is 2.21. The van der Waals surface area contributed by atoms with Crippen molar-refractivity contribution < 1.29 is 9.90 Å². The molecule has 2 heterocycles. The van der Waals surface area contributed by atoms with Crippen LogP contribution in [0.15, 0.2) is 9.98 Å². The number of rotatable bonds is 2. The number of aliphatic hydroxyl groups excluding tert-OH is 1. The molecular weight excluding hydrogens is 282 g/mol. The van der Waals surface area contributed by atoms with Gasteiger partial charge in [0.05, 0.1) is 16.5 Å². The predicted molar refractivity (Wildman–Crippen MR) is 60.9 cm³/mol. The van der Waals surface area contributed by atoms with E-state index >= 15 is 0 Å². The summed E-state index contributed by atoms with van der Waals surface area (Å²) in [5, 5.41) is 10.3. The molecule has 2 rings (SSSR count). The first-order chi connectivity index (χ1) is 7.13. The number of β-amino-alcohol motifs (C(OH)–C–C–N with tert-alkyl or cyclic N) is 1. The number of aromatic nitrogens is 1. The summed E-state index contributed by atoms with van der Waals surface area (Å²) in [6.07, 6.45) is 0.824. The summed E-state index contributed by atoms with van der Waals surface area (Å²) >= 11 is 4.60. The molecule has 15 heavy (non-hydrogen) atoms. The van der Waals surface area contributed by atoms with Crippen molar-refractivity contribution in [3.63, 3.8) is 0 Å². The Hall–Kier alpha value is -0.660. The van der Waals surface area contributed by atoms with Crippen LogP contribution in [-0.4, -0.2) is 40.3 Å². The van der Waals surface area contributed by atoms with Gasteiger partial charge in [0.2, 0.25) is 0 Å². The Morgan fingerprint density at radius 3 is 3.00 bits per heavy atom. The second-order valence-electron chi connectivity index (χ2n) is 3.12. The van der Waals surface area contributed by atoms with Crippen LogP contribution in [0.4, 0.5) is 9.93 Å². The van der Waals surface area contributed by atoms with Gasteiger partial charge in [-0.15, -0.1) is 0 Å². The van der Waals surface area contributed by atoms with Crippen LogP contribution in [0.2, 0.25) is 0 Å². The SMILES string of the molecule is CCN1CC(O)N(c2ncc(Br)s2)C1=O. The lowest BCUT2D eigenvalue weighted by Crippen LogP contribution is -2.34. The normalized spacial score (nSPS) is 21.5. The van der Waals surface area contributed by atoms with E-state index in [1.807, 2.05) is 6.92 Å². The van der Waals surface area contributed by atoms with Gasteiger partial charge in [0.1, 0.15) is 0 Å². The molecule has 1 aromatic heterocycles. The van der Waals surface area contributed by atoms with E-state index in [2.05, 4.69) is 20.9 Å². The second kappa shape index (κ2) is 4.07. The Bertz CT molecular complexity index is 384. The number of carbonyl (C=O) groups is 1. The Morgan fingerprint density at radius 2 is 2.53 bits per heavy atom. The van der Waals surface area contributed by atoms with Gasteiger partial charge in [-0.2, -0.15) is 0 Å². The van der Waals surface area contributed by atoms with E-state index in [-0.39, 0.29) is 6.03 Å². The van der Waals surface area contributed by atoms with Crippen LogP contribution in [0, 0.1) is 0 Å². The zero-order valence-electron chi connectivity index (χ0n) is 8.05. The molecule has 0 bridgehead atoms. The molecule has 0 radical (unpaired) electrons. The number of amides is 2. The van der Waals surface area contributed by atoms with Crippen molar-refractivity contribution in [3.8, 4) is 0 Å². The number of hydrogen-bond acceptors (Lipinski definition) is 4. The van der Waals surface area contributed by atoms with E-state index in [1.165, 1.54) is 16.2 Å². The van der Waals surface area contributed by atoms with Crippen molar-refractivity contribution in [2.24, 2.45) is 0 Å². The van der Waals surface area contributed by atoms with Crippen molar-refractivity contribution in [2.45, 2.75) is 13.2 Å². The van der Waals surface area contributed by atoms with Crippen molar-refractivity contribution in [1.29, 1.82) is 0 Å². The van der Waals surface area contributed by atoms with Crippen LogP contribution in [0.3, 0.4) is 0 Å². The maximum absolute atomic E-state index is 11.8. The predicted octanol–water partition coefficient (Wildman–Crippen LogP) is 1.49. The van der Waals surface area contributed by atoms with Gasteiger partial charge in [0, 0.05) is 6.54 Å². The maximum Gasteiger partial charge on any atom is 0.328 e. The third kappa shape index (κ3) is 1.86. The van der Waals surface area contributed by atoms with Crippen LogP contribution in [0.5, 0.6) is 0 Å². The Balaban J connectivity index is 2.26. The lowest BCUT2D eigenvalue weighted by atomic mass is 10.5. The van der Waals surface area contributed by atoms with Gasteiger partial charge >= 0.3 is 6.03 Å². The molecule has 82 valence electrons. The molecule has 7 heteroatoms. The monoisotopic (exact) mass is 291 g/mol. The highest BCUT2D eigenvalue weighted by Crippen LogP contribution is 2.30. The molecule has 0 aromatic carbocycles. The minimum absolute atomic E-state index is 0.188. The Morgan fingerprint density at radius 1 is 1.80 bits per heavy atom. The fraction of sp³-hybridized carbons (Fsp3) is 0.500. The molecule has 1 unspecified atom stereocenters. The molecule has 0 aliphatic carbocycles. The first kappa shape index (κ1) is 10.8. The van der Waals surface area contributed by atoms with Crippen molar-refractivity contribution in [3.05, 3.63) is 9.98 Å². The highest BCUT2D eigenvalue weighted by molar-refractivity contribution is 9.11. The van der Waals surface area contributed by atoms with E-state index in [0.717, 1.165) is 3.79 Å². The molecule has 0 saturated carbocycles. The number of halogens is 1. The maximum atomic E-state index is 11.8. The Labute approximate surface area is 99.5 Å². The topological polar surface area (TPSA) is 56.7 Å². The quantitative estimate of drug-likeness (QED) is 0.898. The van der Waals surface area contributed by atoms with E-state index < -0.39 is 6.23 Å². The summed E-state index contributed by atoms with van der Waals surface area (Å²) in [6.45, 7) is 2.82. The Kier molecular flexibility index (Phi) is 2.94. The molecular formula is C8H10BrN3O2S. The van der Waals surface area contributed by atoms with Gasteiger partial charge in [-0.05, 0) is 22.9 Å². The molecule has 1 aromatic rings. The molecule has 0 spiro atoms. The van der Waals surface area contributed by atoms with Gasteiger partial charge in [0.25, 0.3) is 0 Å². The van der Waals surface area contributed by atoms with Crippen molar-refractivity contribution in [1.82, 2.24) is 9.88 Å². The van der Waals surface area contributed by atoms with Crippen LogP contribution < -0.4 is 4.90 Å². The first-order valence-corrected chi connectivity index (χ1v) is 6.12. The number of likely N-dealkylation sites (N-methyl/N-ethyl adjacent to an activating group) is 1. The van der Waals surface area contributed by atoms with Crippen LogP contribution in [0.25, 0.3) is 0 Å². The molecule has 1 aliphatic rings. The number of nitrogens with zero attached hydrogens (tertiary/aromatic N) is 3. The number of thiazole rings is 1. The summed E-state index contributed by atoms with van der Waals surface area (Å²) in [5.41, 5.74) is 0. The second-order valence-corrected chi connectivity index (χ2v) is 5.51. The highest BCUT2D eigenvalue weighted by Gasteiger charge is 2.37. The van der Waals surface area contributed by atoms with Crippen LogP contribution in [0.1, 0.15) is 6.92 Å². The standard InChI is InChI=1S/C8H10BrN3O2S/c1-2-11-4-6(13)12(8(11)14)7-10-3-5(9)15-7/h3,6,13H,2,4H2,1H3. The third-order valence-corrected chi connectivity index (χ3v) is 3.69. The van der Waals surface area contributed by atoms with Gasteiger partial charge in [-0.3, -0.25) is 0 Å². The zero-order chi connectivity index (χ0) is 11.0. The molecule has 2 amide bonds. The lowest BCUT2D eigenvalue weighted by Gasteiger charge is -2.15. The minimum Gasteiger partial charge on any atom is -0.371 e. The molecule has 1 aliphatic heterocycles. The van der Waals surface area contributed by atoms with Crippen molar-refractivity contribution in [2.75, 3.05) is 18.0 Å². The van der Waals surface area contributed by atoms with Crippen LogP contribution >= 0.6 is 27.3 Å². The van der Waals surface area contributed by atoms with Gasteiger partial charge < -0.3 is 10.0 Å². The highest BCUT2D eigenvalue weighted by atomic mass is 79.9. The molecule has 1 atom stereocenters. The zero-order valence-corrected chi connectivity index (χ0v) is 10.5. The first-order valence-electron chi connectivity index (χ1n) is 4.51. The number of carbonyl (C=O) groups excluding carboxylic acids is 1. The minimum atomic E-state index is -0.796. The molecule has 1 fully saturated rings. The number of hydrogen-bond donors (Lipinski definition) is 1. The molecule has 5 nitrogen and oxygen atoms in total. The summed E-state index contributed by atoms with van der Waals surface area (Å²) in [7, 11) is 0. The smallest absolute Gasteiger partial charge is 0.328 e. The number of aliphatic hydroxyl groups is 1. The van der Waals surface area contributed by atoms with Gasteiger partial charge in [-0.1, -0.05) is 11.3 Å². The average molecular weight is 292 g/mol. The fourth-order valence-corrected chi connectivity index (χ4v) is 2.69. The summed E-state index contributed by atoms with van der Waals surface area (Å²) in [4.78, 5) is 18.8. The lowest BCUT2D eigenvalue weighted by molar-refractivity contribution is 0.178. The van der Waals surface area contributed by atoms with E-state index in [9.17, 15) is 9.90 Å². The van der Waals surface area contributed by atoms with Crippen molar-refractivity contribution >= 4 is 38.4 Å². The van der Waals surface area contributed by atoms with E-state index in [0.29, 0.717) is 18.2 Å². The molecule has 1 N–H and O–H groups in total. The summed E-state index contributed by atoms with van der Waals surface area (Å²) in [6, 6.07) is -0.188. The summed E-state index contributed by atoms with van der Waals surface area (Å²) in [5.74, 6) is 0. The summed E-state index contributed by atoms with van der Waals surface area (Å²) < 4.78 is 0.840. The van der Waals surface area contributed by atoms with Gasteiger partial charge in [0.15, 0.2) is 11.4 Å². The van der Waals surface area contributed by atoms with E-state index in [4.69, 9.17) is 0 Å². The van der Waals surface area contributed by atoms with Crippen LogP contribution in [-0.2, 0) is 0 Å². The number of anilines is 1.